The molecule has 2 N–H and O–H groups in total. The lowest BCUT2D eigenvalue weighted by molar-refractivity contribution is 0.400. The molecule has 6 nitrogen and oxygen atoms in total. The van der Waals surface area contributed by atoms with Crippen LogP contribution < -0.4 is 11.4 Å². The van der Waals surface area contributed by atoms with Gasteiger partial charge in [-0.2, -0.15) is 13.9 Å². The number of aryl methyl sites for hydroxylation is 1. The van der Waals surface area contributed by atoms with E-state index in [1.165, 1.54) is 10.9 Å². The summed E-state index contributed by atoms with van der Waals surface area (Å²) in [6, 6.07) is 3.52. The largest absolute Gasteiger partial charge is 0.351 e. The Labute approximate surface area is 127 Å². The van der Waals surface area contributed by atoms with Crippen LogP contribution in [0.15, 0.2) is 39.5 Å². The highest BCUT2D eigenvalue weighted by Crippen LogP contribution is 2.14. The van der Waals surface area contributed by atoms with Crippen molar-refractivity contribution in [3.8, 4) is 5.82 Å². The summed E-state index contributed by atoms with van der Waals surface area (Å²) in [6.07, 6.45) is -0.648. The standard InChI is InChI=1S/C12H12BrF2N5O/c1-7-2-3-9(13)18-11(7)19-6-17-20(12(19)21)5-8(4-16)10(14)15/h2-3,6H,4-5,16H2,1H3. The summed E-state index contributed by atoms with van der Waals surface area (Å²) < 4.78 is 27.9. The zero-order valence-corrected chi connectivity index (χ0v) is 12.6. The predicted octanol–water partition coefficient (Wildman–Crippen LogP) is 1.61. The van der Waals surface area contributed by atoms with Gasteiger partial charge in [0, 0.05) is 12.1 Å². The van der Waals surface area contributed by atoms with Crippen molar-refractivity contribution >= 4 is 15.9 Å². The van der Waals surface area contributed by atoms with E-state index in [1.54, 1.807) is 19.1 Å². The summed E-state index contributed by atoms with van der Waals surface area (Å²) in [5, 5.41) is 3.82. The quantitative estimate of drug-likeness (QED) is 0.841. The molecular formula is C12H12BrF2N5O. The van der Waals surface area contributed by atoms with E-state index in [1.807, 2.05) is 0 Å². The Morgan fingerprint density at radius 1 is 1.43 bits per heavy atom. The van der Waals surface area contributed by atoms with Crippen LogP contribution >= 0.6 is 15.9 Å². The Morgan fingerprint density at radius 3 is 2.76 bits per heavy atom. The number of aromatic nitrogens is 4. The molecule has 0 atom stereocenters. The number of hydrogen-bond acceptors (Lipinski definition) is 4. The zero-order chi connectivity index (χ0) is 15.6. The van der Waals surface area contributed by atoms with E-state index in [4.69, 9.17) is 5.73 Å². The van der Waals surface area contributed by atoms with Gasteiger partial charge in [-0.25, -0.2) is 19.0 Å². The van der Waals surface area contributed by atoms with Gasteiger partial charge in [-0.05, 0) is 34.5 Å². The van der Waals surface area contributed by atoms with Crippen molar-refractivity contribution in [2.45, 2.75) is 13.5 Å². The second-order valence-corrected chi connectivity index (χ2v) is 5.10. The lowest BCUT2D eigenvalue weighted by atomic mass is 10.3. The van der Waals surface area contributed by atoms with Gasteiger partial charge >= 0.3 is 5.69 Å². The second-order valence-electron chi connectivity index (χ2n) is 4.28. The van der Waals surface area contributed by atoms with Crippen LogP contribution in [0.25, 0.3) is 5.82 Å². The molecule has 0 aliphatic heterocycles. The minimum Gasteiger partial charge on any atom is -0.327 e. The van der Waals surface area contributed by atoms with E-state index >= 15 is 0 Å². The van der Waals surface area contributed by atoms with Gasteiger partial charge in [0.2, 0.25) is 0 Å². The first-order valence-corrected chi connectivity index (χ1v) is 6.74. The molecule has 112 valence electrons. The molecule has 0 aromatic carbocycles. The number of nitrogens with two attached hydrogens (primary N) is 1. The molecule has 2 aromatic rings. The van der Waals surface area contributed by atoms with E-state index in [9.17, 15) is 13.6 Å². The van der Waals surface area contributed by atoms with Crippen molar-refractivity contribution in [2.24, 2.45) is 5.73 Å². The lowest BCUT2D eigenvalue weighted by Gasteiger charge is -2.05. The first-order chi connectivity index (χ1) is 9.93. The summed E-state index contributed by atoms with van der Waals surface area (Å²) in [5.74, 6) is 0.389. The molecule has 0 saturated heterocycles. The van der Waals surface area contributed by atoms with Crippen LogP contribution in [0.5, 0.6) is 0 Å². The van der Waals surface area contributed by atoms with Crippen LogP contribution in [-0.2, 0) is 6.54 Å². The average molecular weight is 360 g/mol. The lowest BCUT2D eigenvalue weighted by Crippen LogP contribution is -2.27. The maximum atomic E-state index is 12.6. The van der Waals surface area contributed by atoms with Crippen molar-refractivity contribution in [2.75, 3.05) is 6.54 Å². The topological polar surface area (TPSA) is 78.7 Å². The van der Waals surface area contributed by atoms with Gasteiger partial charge in [0.05, 0.1) is 6.54 Å². The summed E-state index contributed by atoms with van der Waals surface area (Å²) in [5.41, 5.74) is 5.09. The Morgan fingerprint density at radius 2 is 2.14 bits per heavy atom. The Bertz CT molecular complexity index is 748. The van der Waals surface area contributed by atoms with Gasteiger partial charge in [-0.1, -0.05) is 6.07 Å². The monoisotopic (exact) mass is 359 g/mol. The number of rotatable bonds is 4. The Balaban J connectivity index is 2.44. The molecule has 2 heterocycles. The minimum absolute atomic E-state index is 0.332. The van der Waals surface area contributed by atoms with Crippen molar-refractivity contribution in [3.05, 3.63) is 50.8 Å². The van der Waals surface area contributed by atoms with Crippen molar-refractivity contribution in [3.63, 3.8) is 0 Å². The van der Waals surface area contributed by atoms with Crippen molar-refractivity contribution in [1.29, 1.82) is 0 Å². The SMILES string of the molecule is Cc1ccc(Br)nc1-n1cnn(CC(CN)=C(F)F)c1=O. The molecule has 0 spiro atoms. The molecule has 2 rings (SSSR count). The molecular weight excluding hydrogens is 348 g/mol. The summed E-state index contributed by atoms with van der Waals surface area (Å²) in [7, 11) is 0. The fourth-order valence-corrected chi connectivity index (χ4v) is 2.01. The first kappa shape index (κ1) is 15.5. The molecule has 0 aliphatic rings. The van der Waals surface area contributed by atoms with E-state index in [0.29, 0.717) is 10.4 Å². The summed E-state index contributed by atoms with van der Waals surface area (Å²) in [4.78, 5) is 16.4. The minimum atomic E-state index is -1.89. The highest BCUT2D eigenvalue weighted by Gasteiger charge is 2.13. The summed E-state index contributed by atoms with van der Waals surface area (Å²) in [6.45, 7) is 1.10. The van der Waals surface area contributed by atoms with Gasteiger partial charge < -0.3 is 5.73 Å². The second kappa shape index (κ2) is 6.27. The molecule has 0 amide bonds. The molecule has 9 heteroatoms. The normalized spacial score (nSPS) is 10.7. The Hall–Kier alpha value is -1.87. The average Bonchev–Trinajstić information content (AvgIpc) is 2.79. The molecule has 0 unspecified atom stereocenters. The van der Waals surface area contributed by atoms with E-state index in [0.717, 1.165) is 10.2 Å². The fraction of sp³-hybridized carbons (Fsp3) is 0.250. The van der Waals surface area contributed by atoms with E-state index in [2.05, 4.69) is 26.0 Å². The third-order valence-electron chi connectivity index (χ3n) is 2.85. The van der Waals surface area contributed by atoms with E-state index in [-0.39, 0.29) is 18.7 Å². The third-order valence-corrected chi connectivity index (χ3v) is 3.29. The molecule has 2 aromatic heterocycles. The van der Waals surface area contributed by atoms with Crippen LogP contribution in [0.4, 0.5) is 8.78 Å². The van der Waals surface area contributed by atoms with Crippen LogP contribution in [0.3, 0.4) is 0 Å². The molecule has 0 bridgehead atoms. The van der Waals surface area contributed by atoms with Crippen molar-refractivity contribution < 1.29 is 8.78 Å². The maximum absolute atomic E-state index is 12.6. The first-order valence-electron chi connectivity index (χ1n) is 5.95. The smallest absolute Gasteiger partial charge is 0.327 e. The fourth-order valence-electron chi connectivity index (χ4n) is 1.71. The highest BCUT2D eigenvalue weighted by molar-refractivity contribution is 9.10. The van der Waals surface area contributed by atoms with Crippen LogP contribution in [-0.4, -0.2) is 25.9 Å². The molecule has 0 aliphatic carbocycles. The van der Waals surface area contributed by atoms with Crippen LogP contribution in [0, 0.1) is 6.92 Å². The van der Waals surface area contributed by atoms with E-state index < -0.39 is 11.8 Å². The number of halogens is 3. The number of hydrogen-bond donors (Lipinski definition) is 1. The molecule has 0 saturated carbocycles. The number of pyridine rings is 1. The summed E-state index contributed by atoms with van der Waals surface area (Å²) >= 11 is 3.22. The maximum Gasteiger partial charge on any atom is 0.351 e. The molecule has 0 fully saturated rings. The molecule has 21 heavy (non-hydrogen) atoms. The van der Waals surface area contributed by atoms with Gasteiger partial charge in [-0.3, -0.25) is 0 Å². The Kier molecular flexibility index (Phi) is 4.63. The van der Waals surface area contributed by atoms with Crippen LogP contribution in [0.1, 0.15) is 5.56 Å². The van der Waals surface area contributed by atoms with Gasteiger partial charge in [-0.15, -0.1) is 0 Å². The van der Waals surface area contributed by atoms with Gasteiger partial charge in [0.1, 0.15) is 16.7 Å². The van der Waals surface area contributed by atoms with Crippen LogP contribution in [0.2, 0.25) is 0 Å². The number of nitrogens with zero attached hydrogens (tertiary/aromatic N) is 4. The van der Waals surface area contributed by atoms with Gasteiger partial charge in [0.25, 0.3) is 6.08 Å². The highest BCUT2D eigenvalue weighted by atomic mass is 79.9. The predicted molar refractivity (Wildman–Crippen MR) is 76.4 cm³/mol. The zero-order valence-electron chi connectivity index (χ0n) is 11.1. The molecule has 0 radical (unpaired) electrons. The van der Waals surface area contributed by atoms with Crippen molar-refractivity contribution in [1.82, 2.24) is 19.3 Å². The third kappa shape index (κ3) is 3.24. The van der Waals surface area contributed by atoms with Gasteiger partial charge in [0.15, 0.2) is 0 Å².